The van der Waals surface area contributed by atoms with Crippen LogP contribution in [0.5, 0.6) is 0 Å². The summed E-state index contributed by atoms with van der Waals surface area (Å²) in [6, 6.07) is 16.9. The molecule has 0 aromatic heterocycles. The van der Waals surface area contributed by atoms with Crippen molar-refractivity contribution in [2.45, 2.75) is 27.3 Å². The minimum atomic E-state index is -0.0219. The normalized spacial score (nSPS) is 11.0. The van der Waals surface area contributed by atoms with Gasteiger partial charge < -0.3 is 9.88 Å². The van der Waals surface area contributed by atoms with Crippen molar-refractivity contribution >= 4 is 5.91 Å². The number of aryl methyl sites for hydroxylation is 2. The van der Waals surface area contributed by atoms with Gasteiger partial charge in [0.05, 0.1) is 5.69 Å². The highest BCUT2D eigenvalue weighted by atomic mass is 16.1. The molecule has 0 saturated heterocycles. The number of carbonyl (C=O) groups excluding carboxylic acids is 1. The van der Waals surface area contributed by atoms with Gasteiger partial charge in [0, 0.05) is 38.0 Å². The predicted octanol–water partition coefficient (Wildman–Crippen LogP) is 4.47. The topological polar surface area (TPSA) is 59.8 Å². The van der Waals surface area contributed by atoms with Gasteiger partial charge in [0.15, 0.2) is 5.82 Å². The van der Waals surface area contributed by atoms with Crippen LogP contribution in [0.1, 0.15) is 18.1 Å². The molecule has 2 aromatic carbocycles. The molecule has 0 radical (unpaired) electrons. The molecule has 1 N–H and O–H groups in total. The van der Waals surface area contributed by atoms with Gasteiger partial charge in [-0.3, -0.25) is 4.79 Å². The molecule has 146 valence electrons. The molecule has 29 heavy (non-hydrogen) atoms. The van der Waals surface area contributed by atoms with E-state index in [4.69, 9.17) is 4.98 Å². The second-order valence-electron chi connectivity index (χ2n) is 7.36. The molecule has 2 aliphatic rings. The molecule has 2 aromatic rings. The lowest BCUT2D eigenvalue weighted by Gasteiger charge is -2.07. The third-order valence-corrected chi connectivity index (χ3v) is 5.15. The van der Waals surface area contributed by atoms with Crippen molar-refractivity contribution in [3.63, 3.8) is 0 Å². The summed E-state index contributed by atoms with van der Waals surface area (Å²) in [7, 11) is 0. The van der Waals surface area contributed by atoms with Crippen LogP contribution in [0.3, 0.4) is 0 Å². The lowest BCUT2D eigenvalue weighted by molar-refractivity contribution is -0.118. The smallest absolute Gasteiger partial charge is 0.216 e. The fourth-order valence-electron chi connectivity index (χ4n) is 3.31. The molecule has 0 saturated carbocycles. The number of rotatable bonds is 5. The second-order valence-corrected chi connectivity index (χ2v) is 7.36. The lowest BCUT2D eigenvalue weighted by atomic mass is 9.99. The van der Waals surface area contributed by atoms with Gasteiger partial charge in [0.25, 0.3) is 0 Å². The van der Waals surface area contributed by atoms with Gasteiger partial charge in [-0.2, -0.15) is 0 Å². The molecule has 1 amide bonds. The third-order valence-electron chi connectivity index (χ3n) is 5.15. The number of fused-ring (bicyclic) bond motifs is 1. The summed E-state index contributed by atoms with van der Waals surface area (Å²) in [4.78, 5) is 20.4. The van der Waals surface area contributed by atoms with E-state index in [0.717, 1.165) is 22.8 Å². The number of amides is 1. The number of aromatic nitrogens is 3. The molecular formula is C24H24N4O. The average Bonchev–Trinajstić information content (AvgIpc) is 3.13. The van der Waals surface area contributed by atoms with Crippen LogP contribution in [0.25, 0.3) is 33.9 Å². The highest BCUT2D eigenvalue weighted by Gasteiger charge is 2.13. The molecule has 4 rings (SSSR count). The number of hydrogen-bond acceptors (Lipinski definition) is 3. The standard InChI is InChI=1S/C24H24N4O/c1-16-4-5-21(14-17(16)2)19-6-8-20(9-7-19)24-26-22-10-12-28(15-23(22)27-24)13-11-25-18(3)29/h4-10,12,14-15H,11,13H2,1-3H3,(H,25,29). The number of imidazole rings is 1. The van der Waals surface area contributed by atoms with Crippen molar-refractivity contribution in [2.75, 3.05) is 6.54 Å². The predicted molar refractivity (Wildman–Crippen MR) is 116 cm³/mol. The van der Waals surface area contributed by atoms with E-state index in [1.165, 1.54) is 29.2 Å². The van der Waals surface area contributed by atoms with Crippen molar-refractivity contribution in [1.29, 1.82) is 0 Å². The molecular weight excluding hydrogens is 360 g/mol. The van der Waals surface area contributed by atoms with E-state index in [2.05, 4.69) is 66.6 Å². The van der Waals surface area contributed by atoms with Crippen LogP contribution < -0.4 is 5.32 Å². The Morgan fingerprint density at radius 1 is 0.897 bits per heavy atom. The molecule has 5 nitrogen and oxygen atoms in total. The van der Waals surface area contributed by atoms with E-state index < -0.39 is 0 Å². The van der Waals surface area contributed by atoms with Crippen LogP contribution in [0, 0.1) is 13.8 Å². The van der Waals surface area contributed by atoms with Crippen molar-refractivity contribution in [1.82, 2.24) is 19.9 Å². The Hall–Kier alpha value is -3.47. The molecule has 0 spiro atoms. The Balaban J connectivity index is 1.55. The number of pyridine rings is 1. The van der Waals surface area contributed by atoms with E-state index in [-0.39, 0.29) is 5.91 Å². The fraction of sp³-hybridized carbons (Fsp3) is 0.208. The Kier molecular flexibility index (Phi) is 5.12. The van der Waals surface area contributed by atoms with Crippen LogP contribution in [0.4, 0.5) is 0 Å². The number of nitrogens with one attached hydrogen (secondary N) is 1. The highest BCUT2D eigenvalue weighted by Crippen LogP contribution is 2.28. The maximum Gasteiger partial charge on any atom is 0.216 e. The van der Waals surface area contributed by atoms with E-state index in [1.807, 2.05) is 23.0 Å². The number of benzene rings is 2. The van der Waals surface area contributed by atoms with Gasteiger partial charge in [-0.25, -0.2) is 9.97 Å². The Morgan fingerprint density at radius 3 is 2.31 bits per heavy atom. The summed E-state index contributed by atoms with van der Waals surface area (Å²) in [5, 5.41) is 2.80. The van der Waals surface area contributed by atoms with Crippen molar-refractivity contribution in [3.8, 4) is 33.9 Å². The van der Waals surface area contributed by atoms with Crippen LogP contribution in [0.2, 0.25) is 0 Å². The second kappa shape index (κ2) is 7.87. The van der Waals surface area contributed by atoms with Gasteiger partial charge >= 0.3 is 0 Å². The molecule has 5 heteroatoms. The van der Waals surface area contributed by atoms with Crippen molar-refractivity contribution < 1.29 is 4.79 Å². The van der Waals surface area contributed by atoms with Gasteiger partial charge in [0.1, 0.15) is 5.69 Å². The molecule has 0 aliphatic carbocycles. The molecule has 0 bridgehead atoms. The Morgan fingerprint density at radius 2 is 1.59 bits per heavy atom. The summed E-state index contributed by atoms with van der Waals surface area (Å²) < 4.78 is 2.01. The molecule has 0 unspecified atom stereocenters. The van der Waals surface area contributed by atoms with Gasteiger partial charge in [-0.1, -0.05) is 42.5 Å². The van der Waals surface area contributed by atoms with Gasteiger partial charge in [-0.05, 0) is 42.2 Å². The largest absolute Gasteiger partial charge is 0.355 e. The molecule has 0 atom stereocenters. The minimum Gasteiger partial charge on any atom is -0.355 e. The number of carbonyl (C=O) groups is 1. The summed E-state index contributed by atoms with van der Waals surface area (Å²) in [5.41, 5.74) is 7.72. The van der Waals surface area contributed by atoms with Crippen LogP contribution in [0.15, 0.2) is 60.9 Å². The zero-order valence-electron chi connectivity index (χ0n) is 16.9. The monoisotopic (exact) mass is 384 g/mol. The molecule has 2 aliphatic heterocycles. The van der Waals surface area contributed by atoms with Crippen molar-refractivity contribution in [3.05, 3.63) is 72.1 Å². The summed E-state index contributed by atoms with van der Waals surface area (Å²) in [6.07, 6.45) is 3.93. The zero-order chi connectivity index (χ0) is 20.4. The summed E-state index contributed by atoms with van der Waals surface area (Å²) in [5.74, 6) is 0.706. The highest BCUT2D eigenvalue weighted by molar-refractivity contribution is 5.73. The van der Waals surface area contributed by atoms with E-state index in [1.54, 1.807) is 0 Å². The van der Waals surface area contributed by atoms with E-state index in [9.17, 15) is 4.79 Å². The van der Waals surface area contributed by atoms with E-state index >= 15 is 0 Å². The number of nitrogens with zero attached hydrogens (tertiary/aromatic N) is 3. The first-order chi connectivity index (χ1) is 14.0. The van der Waals surface area contributed by atoms with Crippen molar-refractivity contribution in [2.24, 2.45) is 0 Å². The quantitative estimate of drug-likeness (QED) is 0.552. The van der Waals surface area contributed by atoms with Crippen LogP contribution >= 0.6 is 0 Å². The maximum atomic E-state index is 11.0. The van der Waals surface area contributed by atoms with E-state index in [0.29, 0.717) is 13.1 Å². The lowest BCUT2D eigenvalue weighted by Crippen LogP contribution is -2.24. The Labute approximate surface area is 170 Å². The average molecular weight is 384 g/mol. The van der Waals surface area contributed by atoms with Crippen LogP contribution in [-0.4, -0.2) is 27.0 Å². The van der Waals surface area contributed by atoms with Gasteiger partial charge in [-0.15, -0.1) is 0 Å². The first-order valence-corrected chi connectivity index (χ1v) is 9.75. The fourth-order valence-corrected chi connectivity index (χ4v) is 3.31. The van der Waals surface area contributed by atoms with Crippen LogP contribution in [-0.2, 0) is 11.3 Å². The Bertz CT molecular complexity index is 1130. The minimum absolute atomic E-state index is 0.0219. The summed E-state index contributed by atoms with van der Waals surface area (Å²) in [6.45, 7) is 7.07. The summed E-state index contributed by atoms with van der Waals surface area (Å²) >= 11 is 0. The first-order valence-electron chi connectivity index (χ1n) is 9.75. The maximum absolute atomic E-state index is 11.0. The molecule has 2 heterocycles. The molecule has 0 fully saturated rings. The third kappa shape index (κ3) is 4.19. The SMILES string of the molecule is CC(=O)NCCn1ccc2nc(-c3ccc(-c4ccc(C)c(C)c4)cc3)nc-2c1. The zero-order valence-corrected chi connectivity index (χ0v) is 16.9. The number of hydrogen-bond donors (Lipinski definition) is 1. The van der Waals surface area contributed by atoms with Gasteiger partial charge in [0.2, 0.25) is 5.91 Å². The first kappa shape index (κ1) is 18.9.